The number of fused-ring (bicyclic) bond motifs is 1. The van der Waals surface area contributed by atoms with Gasteiger partial charge in [0.2, 0.25) is 5.95 Å². The lowest BCUT2D eigenvalue weighted by atomic mass is 10.2. The van der Waals surface area contributed by atoms with Crippen LogP contribution in [-0.2, 0) is 13.0 Å². The first-order valence-electron chi connectivity index (χ1n) is 9.21. The first-order chi connectivity index (χ1) is 14.9. The number of rotatable bonds is 7. The zero-order valence-electron chi connectivity index (χ0n) is 16.0. The minimum atomic E-state index is -4.55. The third kappa shape index (κ3) is 5.00. The van der Waals surface area contributed by atoms with Crippen LogP contribution in [0.25, 0.3) is 11.0 Å². The lowest BCUT2D eigenvalue weighted by molar-refractivity contribution is -0.156. The van der Waals surface area contributed by atoms with E-state index in [1.54, 1.807) is 12.3 Å². The Morgan fingerprint density at radius 3 is 2.71 bits per heavy atom. The Morgan fingerprint density at radius 2 is 1.94 bits per heavy atom. The molecule has 1 N–H and O–H groups in total. The molecule has 0 bridgehead atoms. The molecule has 0 atom stereocenters. The van der Waals surface area contributed by atoms with E-state index in [1.807, 2.05) is 41.0 Å². The summed E-state index contributed by atoms with van der Waals surface area (Å²) in [5.41, 5.74) is 2.12. The minimum Gasteiger partial charge on any atom is -0.441 e. The quantitative estimate of drug-likeness (QED) is 0.478. The fraction of sp³-hybridized carbons (Fsp3) is 0.200. The average Bonchev–Trinajstić information content (AvgIpc) is 3.36. The first-order valence-corrected chi connectivity index (χ1v) is 9.21. The normalized spacial score (nSPS) is 11.6. The summed E-state index contributed by atoms with van der Waals surface area (Å²) in [7, 11) is 0. The van der Waals surface area contributed by atoms with Gasteiger partial charge in [0.25, 0.3) is 5.91 Å². The molecule has 0 saturated carbocycles. The molecule has 0 unspecified atom stereocenters. The number of ether oxygens (including phenoxy) is 1. The number of hydrogen-bond donors (Lipinski definition) is 1. The number of nitrogens with one attached hydrogen (secondary N) is 1. The molecule has 3 heterocycles. The molecule has 0 saturated heterocycles. The standard InChI is InChI=1S/C20H16F3N5O3/c21-20(22,23)12-31-19-26-15(11-30-19)17(29)27-18-25-14-6-1-2-7-16(14)28(18)10-8-13-5-3-4-9-24-13/h1-7,9,11H,8,10,12H2,(H,25,27,29). The molecule has 31 heavy (non-hydrogen) atoms. The highest BCUT2D eigenvalue weighted by atomic mass is 19.4. The second kappa shape index (κ2) is 8.46. The predicted octanol–water partition coefficient (Wildman–Crippen LogP) is 3.86. The van der Waals surface area contributed by atoms with Gasteiger partial charge in [0.05, 0.1) is 11.0 Å². The van der Waals surface area contributed by atoms with E-state index in [0.29, 0.717) is 18.5 Å². The zero-order chi connectivity index (χ0) is 21.8. The van der Waals surface area contributed by atoms with Gasteiger partial charge < -0.3 is 13.7 Å². The van der Waals surface area contributed by atoms with Crippen LogP contribution in [0.5, 0.6) is 6.08 Å². The number of nitrogens with zero attached hydrogens (tertiary/aromatic N) is 4. The molecule has 0 aliphatic heterocycles. The molecule has 0 aliphatic rings. The smallest absolute Gasteiger partial charge is 0.422 e. The van der Waals surface area contributed by atoms with Crippen molar-refractivity contribution in [2.45, 2.75) is 19.1 Å². The summed E-state index contributed by atoms with van der Waals surface area (Å²) in [6.45, 7) is -1.08. The first kappa shape index (κ1) is 20.4. The van der Waals surface area contributed by atoms with E-state index in [0.717, 1.165) is 17.5 Å². The molecule has 160 valence electrons. The maximum atomic E-state index is 12.6. The number of pyridine rings is 1. The molecule has 8 nitrogen and oxygen atoms in total. The summed E-state index contributed by atoms with van der Waals surface area (Å²) in [6.07, 6.45) is -1.97. The van der Waals surface area contributed by atoms with Crippen LogP contribution in [-0.4, -0.2) is 38.2 Å². The van der Waals surface area contributed by atoms with Crippen molar-refractivity contribution in [2.75, 3.05) is 11.9 Å². The van der Waals surface area contributed by atoms with Crippen LogP contribution < -0.4 is 10.1 Å². The summed E-state index contributed by atoms with van der Waals surface area (Å²) >= 11 is 0. The number of halogens is 3. The van der Waals surface area contributed by atoms with E-state index in [2.05, 4.69) is 25.0 Å². The molecule has 11 heteroatoms. The maximum absolute atomic E-state index is 12.6. The van der Waals surface area contributed by atoms with E-state index in [1.165, 1.54) is 0 Å². The van der Waals surface area contributed by atoms with Crippen LogP contribution in [0.15, 0.2) is 59.3 Å². The largest absolute Gasteiger partial charge is 0.441 e. The number of benzene rings is 1. The van der Waals surface area contributed by atoms with Crippen molar-refractivity contribution in [3.63, 3.8) is 0 Å². The number of hydrogen-bond acceptors (Lipinski definition) is 6. The molecular weight excluding hydrogens is 415 g/mol. The summed E-state index contributed by atoms with van der Waals surface area (Å²) in [5.74, 6) is -0.428. The number of carbonyl (C=O) groups excluding carboxylic acids is 1. The number of aryl methyl sites for hydroxylation is 2. The molecule has 3 aromatic heterocycles. The van der Waals surface area contributed by atoms with Crippen molar-refractivity contribution in [1.82, 2.24) is 19.5 Å². The van der Waals surface area contributed by atoms with E-state index in [9.17, 15) is 18.0 Å². The van der Waals surface area contributed by atoms with E-state index < -0.39 is 24.8 Å². The van der Waals surface area contributed by atoms with Crippen molar-refractivity contribution < 1.29 is 27.1 Å². The number of para-hydroxylation sites is 2. The van der Waals surface area contributed by atoms with E-state index in [-0.39, 0.29) is 11.6 Å². The third-order valence-electron chi connectivity index (χ3n) is 4.27. The number of carbonyl (C=O) groups is 1. The second-order valence-electron chi connectivity index (χ2n) is 6.50. The fourth-order valence-electron chi connectivity index (χ4n) is 2.91. The number of anilines is 1. The molecule has 0 aliphatic carbocycles. The molecule has 0 fully saturated rings. The van der Waals surface area contributed by atoms with Crippen LogP contribution in [0.3, 0.4) is 0 Å². The molecule has 1 aromatic carbocycles. The molecular formula is C20H16F3N5O3. The van der Waals surface area contributed by atoms with E-state index >= 15 is 0 Å². The highest BCUT2D eigenvalue weighted by Crippen LogP contribution is 2.22. The Morgan fingerprint density at radius 1 is 1.13 bits per heavy atom. The van der Waals surface area contributed by atoms with Gasteiger partial charge in [-0.2, -0.15) is 18.2 Å². The third-order valence-corrected chi connectivity index (χ3v) is 4.27. The Bertz CT molecular complexity index is 1190. The van der Waals surface area contributed by atoms with Crippen LogP contribution in [0, 0.1) is 0 Å². The van der Waals surface area contributed by atoms with Crippen LogP contribution >= 0.6 is 0 Å². The monoisotopic (exact) mass is 431 g/mol. The van der Waals surface area contributed by atoms with Gasteiger partial charge in [-0.25, -0.2) is 4.98 Å². The molecule has 0 spiro atoms. The van der Waals surface area contributed by atoms with Crippen molar-refractivity contribution in [3.8, 4) is 6.08 Å². The van der Waals surface area contributed by atoms with Crippen molar-refractivity contribution in [2.24, 2.45) is 0 Å². The van der Waals surface area contributed by atoms with Crippen molar-refractivity contribution in [1.29, 1.82) is 0 Å². The zero-order valence-corrected chi connectivity index (χ0v) is 16.0. The lowest BCUT2D eigenvalue weighted by Crippen LogP contribution is -2.19. The summed E-state index contributed by atoms with van der Waals surface area (Å²) in [5, 5.41) is 2.63. The number of aromatic nitrogens is 4. The van der Waals surface area contributed by atoms with Crippen LogP contribution in [0.1, 0.15) is 16.2 Å². The number of imidazole rings is 1. The van der Waals surface area contributed by atoms with Gasteiger partial charge in [-0.1, -0.05) is 18.2 Å². The SMILES string of the molecule is O=C(Nc1nc2ccccc2n1CCc1ccccn1)c1coc(OCC(F)(F)F)n1. The molecule has 1 amide bonds. The molecule has 4 aromatic rings. The van der Waals surface area contributed by atoms with Gasteiger partial charge in [-0.3, -0.25) is 15.1 Å². The lowest BCUT2D eigenvalue weighted by Gasteiger charge is -2.09. The highest BCUT2D eigenvalue weighted by molar-refractivity contribution is 6.02. The second-order valence-corrected chi connectivity index (χ2v) is 6.50. The van der Waals surface area contributed by atoms with E-state index in [4.69, 9.17) is 4.42 Å². The number of alkyl halides is 3. The predicted molar refractivity (Wildman–Crippen MR) is 104 cm³/mol. The fourth-order valence-corrected chi connectivity index (χ4v) is 2.91. The highest BCUT2D eigenvalue weighted by Gasteiger charge is 2.29. The summed E-state index contributed by atoms with van der Waals surface area (Å²) in [6, 6.07) is 13.0. The topological polar surface area (TPSA) is 95.1 Å². The van der Waals surface area contributed by atoms with Crippen molar-refractivity contribution in [3.05, 3.63) is 66.3 Å². The Kier molecular flexibility index (Phi) is 5.56. The van der Waals surface area contributed by atoms with Gasteiger partial charge in [-0.05, 0) is 24.3 Å². The minimum absolute atomic E-state index is 0.236. The van der Waals surface area contributed by atoms with Gasteiger partial charge in [0, 0.05) is 24.9 Å². The average molecular weight is 431 g/mol. The van der Waals surface area contributed by atoms with Gasteiger partial charge in [0.1, 0.15) is 6.26 Å². The number of amides is 1. The maximum Gasteiger partial charge on any atom is 0.422 e. The Balaban J connectivity index is 1.52. The van der Waals surface area contributed by atoms with Gasteiger partial charge in [0.15, 0.2) is 12.3 Å². The Labute approximate surface area is 173 Å². The van der Waals surface area contributed by atoms with Crippen molar-refractivity contribution >= 4 is 22.9 Å². The Hall–Kier alpha value is -3.89. The van der Waals surface area contributed by atoms with Gasteiger partial charge >= 0.3 is 12.3 Å². The summed E-state index contributed by atoms with van der Waals surface area (Å²) in [4.78, 5) is 24.9. The van der Waals surface area contributed by atoms with Gasteiger partial charge in [-0.15, -0.1) is 0 Å². The summed E-state index contributed by atoms with van der Waals surface area (Å²) < 4.78 is 47.7. The molecule has 4 rings (SSSR count). The van der Waals surface area contributed by atoms with Crippen LogP contribution in [0.2, 0.25) is 0 Å². The van der Waals surface area contributed by atoms with Crippen LogP contribution in [0.4, 0.5) is 19.1 Å². The number of oxazole rings is 1. The molecule has 0 radical (unpaired) electrons.